The Morgan fingerprint density at radius 2 is 2.00 bits per heavy atom. The normalized spacial score (nSPS) is 24.6. The molecule has 1 saturated heterocycles. The molecule has 2 aliphatic heterocycles. The summed E-state index contributed by atoms with van der Waals surface area (Å²) in [6, 6.07) is 7.75. The molecule has 1 N–H and O–H groups in total. The number of carbonyl (C=O) groups is 2. The van der Waals surface area contributed by atoms with Crippen LogP contribution >= 0.6 is 0 Å². The topological polar surface area (TPSA) is 58.6 Å². The van der Waals surface area contributed by atoms with Gasteiger partial charge in [0.2, 0.25) is 5.91 Å². The van der Waals surface area contributed by atoms with Crippen LogP contribution in [0.3, 0.4) is 0 Å². The predicted octanol–water partition coefficient (Wildman–Crippen LogP) is 0.756. The van der Waals surface area contributed by atoms with E-state index in [2.05, 4.69) is 5.32 Å². The van der Waals surface area contributed by atoms with Gasteiger partial charge in [-0.05, 0) is 6.07 Å². The van der Waals surface area contributed by atoms with Gasteiger partial charge < -0.3 is 15.0 Å². The molecule has 0 saturated carbocycles. The van der Waals surface area contributed by atoms with E-state index in [0.29, 0.717) is 13.1 Å². The van der Waals surface area contributed by atoms with Gasteiger partial charge in [-0.15, -0.1) is 0 Å². The van der Waals surface area contributed by atoms with E-state index in [1.807, 2.05) is 31.2 Å². The van der Waals surface area contributed by atoms with Crippen LogP contribution in [0.1, 0.15) is 18.4 Å². The van der Waals surface area contributed by atoms with Gasteiger partial charge in [0.1, 0.15) is 5.75 Å². The highest BCUT2D eigenvalue weighted by atomic mass is 16.5. The molecule has 2 atom stereocenters. The minimum Gasteiger partial charge on any atom is -0.480 e. The van der Waals surface area contributed by atoms with E-state index in [0.717, 1.165) is 11.3 Å². The summed E-state index contributed by atoms with van der Waals surface area (Å²) in [7, 11) is 1.62. The average Bonchev–Trinajstić information content (AvgIpc) is 2.74. The second-order valence-electron chi connectivity index (χ2n) is 5.42. The lowest BCUT2D eigenvalue weighted by Crippen LogP contribution is -2.58. The lowest BCUT2D eigenvalue weighted by atomic mass is 9.93. The molecule has 5 nitrogen and oxygen atoms in total. The summed E-state index contributed by atoms with van der Waals surface area (Å²) in [4.78, 5) is 25.6. The Bertz CT molecular complexity index is 552. The van der Waals surface area contributed by atoms with E-state index in [1.165, 1.54) is 0 Å². The second kappa shape index (κ2) is 4.81. The zero-order valence-corrected chi connectivity index (χ0v) is 11.6. The number of nitrogens with zero attached hydrogens (tertiary/aromatic N) is 1. The van der Waals surface area contributed by atoms with Gasteiger partial charge in [-0.2, -0.15) is 0 Å². The Morgan fingerprint density at radius 1 is 1.30 bits per heavy atom. The number of carbonyl (C=O) groups excluding carboxylic acids is 2. The van der Waals surface area contributed by atoms with E-state index in [1.54, 1.807) is 11.9 Å². The van der Waals surface area contributed by atoms with Gasteiger partial charge in [0, 0.05) is 31.6 Å². The monoisotopic (exact) mass is 274 g/mol. The highest BCUT2D eigenvalue weighted by Crippen LogP contribution is 2.38. The van der Waals surface area contributed by atoms with Crippen molar-refractivity contribution < 1.29 is 14.3 Å². The molecule has 0 aliphatic carbocycles. The van der Waals surface area contributed by atoms with Crippen LogP contribution in [0.25, 0.3) is 0 Å². The molecule has 1 aromatic rings. The van der Waals surface area contributed by atoms with Crippen molar-refractivity contribution in [3.05, 3.63) is 29.8 Å². The SMILES string of the molecule is CNC(=O)C1CN(C(=O)[C@@H]2Oc3ccccc3[C@H]2C)C1. The number of amides is 2. The third-order valence-corrected chi connectivity index (χ3v) is 4.17. The van der Waals surface area contributed by atoms with Gasteiger partial charge in [-0.1, -0.05) is 25.1 Å². The zero-order valence-electron chi connectivity index (χ0n) is 11.6. The molecule has 0 aromatic heterocycles. The molecule has 0 spiro atoms. The Morgan fingerprint density at radius 3 is 2.65 bits per heavy atom. The van der Waals surface area contributed by atoms with E-state index >= 15 is 0 Å². The van der Waals surface area contributed by atoms with Crippen molar-refractivity contribution in [2.75, 3.05) is 20.1 Å². The summed E-state index contributed by atoms with van der Waals surface area (Å²) >= 11 is 0. The van der Waals surface area contributed by atoms with Crippen LogP contribution in [0.4, 0.5) is 0 Å². The summed E-state index contributed by atoms with van der Waals surface area (Å²) in [5, 5.41) is 2.61. The number of likely N-dealkylation sites (tertiary alicyclic amines) is 1. The first kappa shape index (κ1) is 13.0. The van der Waals surface area contributed by atoms with Crippen molar-refractivity contribution in [2.45, 2.75) is 18.9 Å². The lowest BCUT2D eigenvalue weighted by molar-refractivity contribution is -0.148. The predicted molar refractivity (Wildman–Crippen MR) is 73.4 cm³/mol. The third kappa shape index (κ3) is 1.94. The maximum absolute atomic E-state index is 12.4. The molecule has 3 rings (SSSR count). The quantitative estimate of drug-likeness (QED) is 0.866. The van der Waals surface area contributed by atoms with E-state index in [4.69, 9.17) is 4.74 Å². The van der Waals surface area contributed by atoms with Crippen molar-refractivity contribution >= 4 is 11.8 Å². The summed E-state index contributed by atoms with van der Waals surface area (Å²) in [5.41, 5.74) is 1.08. The summed E-state index contributed by atoms with van der Waals surface area (Å²) in [5.74, 6) is 0.745. The van der Waals surface area contributed by atoms with Crippen LogP contribution in [-0.4, -0.2) is 43.0 Å². The molecular formula is C15H18N2O3. The third-order valence-electron chi connectivity index (χ3n) is 4.17. The van der Waals surface area contributed by atoms with Crippen LogP contribution in [0.15, 0.2) is 24.3 Å². The fraction of sp³-hybridized carbons (Fsp3) is 0.467. The molecule has 106 valence electrons. The number of ether oxygens (including phenoxy) is 1. The molecule has 2 heterocycles. The minimum absolute atomic E-state index is 0.00211. The van der Waals surface area contributed by atoms with Crippen molar-refractivity contribution in [3.8, 4) is 5.75 Å². The first-order chi connectivity index (χ1) is 9.61. The standard InChI is InChI=1S/C15H18N2O3/c1-9-11-5-3-4-6-12(11)20-13(9)15(19)17-7-10(8-17)14(18)16-2/h3-6,9-10,13H,7-8H2,1-2H3,(H,16,18)/t9-,13-/m1/s1. The Hall–Kier alpha value is -2.04. The highest BCUT2D eigenvalue weighted by Gasteiger charge is 2.43. The first-order valence-electron chi connectivity index (χ1n) is 6.87. The van der Waals surface area contributed by atoms with E-state index in [9.17, 15) is 9.59 Å². The van der Waals surface area contributed by atoms with Gasteiger partial charge in [-0.25, -0.2) is 0 Å². The average molecular weight is 274 g/mol. The van der Waals surface area contributed by atoms with Gasteiger partial charge in [-0.3, -0.25) is 9.59 Å². The van der Waals surface area contributed by atoms with Crippen molar-refractivity contribution in [2.24, 2.45) is 5.92 Å². The maximum atomic E-state index is 12.4. The molecule has 1 fully saturated rings. The van der Waals surface area contributed by atoms with Gasteiger partial charge in [0.25, 0.3) is 5.91 Å². The summed E-state index contributed by atoms with van der Waals surface area (Å²) in [6.07, 6.45) is -0.460. The molecule has 1 aromatic carbocycles. The molecule has 20 heavy (non-hydrogen) atoms. The fourth-order valence-electron chi connectivity index (χ4n) is 2.84. The maximum Gasteiger partial charge on any atom is 0.264 e. The number of para-hydroxylation sites is 1. The number of rotatable bonds is 2. The molecular weight excluding hydrogens is 256 g/mol. The van der Waals surface area contributed by atoms with Crippen LogP contribution in [0.2, 0.25) is 0 Å². The number of benzene rings is 1. The molecule has 0 radical (unpaired) electrons. The molecule has 2 amide bonds. The second-order valence-corrected chi connectivity index (χ2v) is 5.42. The highest BCUT2D eigenvalue weighted by molar-refractivity contribution is 5.87. The summed E-state index contributed by atoms with van der Waals surface area (Å²) < 4.78 is 5.77. The van der Waals surface area contributed by atoms with E-state index in [-0.39, 0.29) is 23.7 Å². The zero-order chi connectivity index (χ0) is 14.3. The first-order valence-corrected chi connectivity index (χ1v) is 6.87. The van der Waals surface area contributed by atoms with Gasteiger partial charge >= 0.3 is 0 Å². The molecule has 0 bridgehead atoms. The largest absolute Gasteiger partial charge is 0.480 e. The number of hydrogen-bond acceptors (Lipinski definition) is 3. The van der Waals surface area contributed by atoms with Crippen molar-refractivity contribution in [3.63, 3.8) is 0 Å². The van der Waals surface area contributed by atoms with E-state index < -0.39 is 6.10 Å². The fourth-order valence-corrected chi connectivity index (χ4v) is 2.84. The molecule has 5 heteroatoms. The summed E-state index contributed by atoms with van der Waals surface area (Å²) in [6.45, 7) is 2.98. The Kier molecular flexibility index (Phi) is 3.12. The van der Waals surface area contributed by atoms with Crippen LogP contribution in [0.5, 0.6) is 5.75 Å². The van der Waals surface area contributed by atoms with Crippen LogP contribution < -0.4 is 10.1 Å². The molecule has 0 unspecified atom stereocenters. The Labute approximate surface area is 117 Å². The minimum atomic E-state index is -0.460. The van der Waals surface area contributed by atoms with Crippen molar-refractivity contribution in [1.29, 1.82) is 0 Å². The Balaban J connectivity index is 1.65. The number of nitrogens with one attached hydrogen (secondary N) is 1. The smallest absolute Gasteiger partial charge is 0.264 e. The van der Waals surface area contributed by atoms with Gasteiger partial charge in [0.05, 0.1) is 5.92 Å². The molecule has 2 aliphatic rings. The number of fused-ring (bicyclic) bond motifs is 1. The van der Waals surface area contributed by atoms with Crippen molar-refractivity contribution in [1.82, 2.24) is 10.2 Å². The lowest BCUT2D eigenvalue weighted by Gasteiger charge is -2.39. The van der Waals surface area contributed by atoms with Crippen LogP contribution in [-0.2, 0) is 9.59 Å². The van der Waals surface area contributed by atoms with Gasteiger partial charge in [0.15, 0.2) is 6.10 Å². The number of hydrogen-bond donors (Lipinski definition) is 1. The van der Waals surface area contributed by atoms with Crippen LogP contribution in [0, 0.1) is 5.92 Å².